The molecular weight excluding hydrogens is 376 g/mol. The summed E-state index contributed by atoms with van der Waals surface area (Å²) in [4.78, 5) is 0. The highest BCUT2D eigenvalue weighted by molar-refractivity contribution is 5.37. The zero-order valence-electron chi connectivity index (χ0n) is 19.0. The molecule has 0 amide bonds. The number of hydrogen-bond acceptors (Lipinski definition) is 1. The largest absolute Gasteiger partial charge is 0.380 e. The maximum atomic E-state index is 12.0. The second-order valence-corrected chi connectivity index (χ2v) is 9.65. The molecule has 1 saturated carbocycles. The average molecular weight is 413 g/mol. The first-order valence-corrected chi connectivity index (χ1v) is 12.0. The third-order valence-electron chi connectivity index (χ3n) is 7.35. The van der Waals surface area contributed by atoms with Crippen LogP contribution in [0.25, 0.3) is 0 Å². The fraction of sp³-hybridized carbons (Fsp3) is 0.400. The van der Waals surface area contributed by atoms with E-state index < -0.39 is 5.60 Å². The average Bonchev–Trinajstić information content (AvgIpc) is 2.84. The maximum Gasteiger partial charge on any atom is 0.117 e. The van der Waals surface area contributed by atoms with E-state index in [0.717, 1.165) is 36.3 Å². The van der Waals surface area contributed by atoms with Gasteiger partial charge in [-0.1, -0.05) is 112 Å². The second kappa shape index (κ2) is 9.83. The van der Waals surface area contributed by atoms with Crippen molar-refractivity contribution in [3.8, 4) is 0 Å². The van der Waals surface area contributed by atoms with Crippen molar-refractivity contribution in [1.82, 2.24) is 0 Å². The fourth-order valence-electron chi connectivity index (χ4n) is 5.33. The quantitative estimate of drug-likeness (QED) is 0.426. The van der Waals surface area contributed by atoms with Gasteiger partial charge >= 0.3 is 0 Å². The lowest BCUT2D eigenvalue weighted by Gasteiger charge is -2.41. The van der Waals surface area contributed by atoms with Crippen LogP contribution >= 0.6 is 0 Å². The van der Waals surface area contributed by atoms with Gasteiger partial charge in [-0.2, -0.15) is 0 Å². The van der Waals surface area contributed by atoms with E-state index in [0.29, 0.717) is 5.92 Å². The number of hydrogen-bond donors (Lipinski definition) is 1. The molecule has 0 aliphatic heterocycles. The van der Waals surface area contributed by atoms with Crippen LogP contribution in [0.3, 0.4) is 0 Å². The van der Waals surface area contributed by atoms with Gasteiger partial charge in [0.15, 0.2) is 0 Å². The van der Waals surface area contributed by atoms with Gasteiger partial charge in [-0.15, -0.1) is 0 Å². The molecule has 3 aromatic carbocycles. The van der Waals surface area contributed by atoms with E-state index in [4.69, 9.17) is 0 Å². The molecule has 0 atom stereocenters. The van der Waals surface area contributed by atoms with E-state index in [2.05, 4.69) is 62.4 Å². The summed E-state index contributed by atoms with van der Waals surface area (Å²) in [5.41, 5.74) is 4.02. The molecular formula is C30H36O. The monoisotopic (exact) mass is 412 g/mol. The zero-order chi connectivity index (χ0) is 21.7. The number of rotatable bonds is 7. The Morgan fingerprint density at radius 2 is 1.26 bits per heavy atom. The molecule has 162 valence electrons. The van der Waals surface area contributed by atoms with Crippen LogP contribution in [0.15, 0.2) is 84.9 Å². The van der Waals surface area contributed by atoms with Crippen molar-refractivity contribution in [2.75, 3.05) is 0 Å². The van der Waals surface area contributed by atoms with Gasteiger partial charge in [0, 0.05) is 0 Å². The van der Waals surface area contributed by atoms with Gasteiger partial charge in [0.05, 0.1) is 0 Å². The standard InChI is InChI=1S/C30H36O/c1-23(2)26-19-15-24(16-20-26)13-14-25-17-21-29(22-18-25)30(31,27-9-5-3-6-10-27)28-11-7-4-8-12-28/h3-12,15-16,19-20,23,25,29,31H,13-14,17-18,21-22H2,1-2H3. The molecule has 1 N–H and O–H groups in total. The van der Waals surface area contributed by atoms with E-state index in [1.807, 2.05) is 36.4 Å². The minimum atomic E-state index is -0.903. The second-order valence-electron chi connectivity index (χ2n) is 9.65. The molecule has 0 radical (unpaired) electrons. The van der Waals surface area contributed by atoms with Crippen molar-refractivity contribution >= 4 is 0 Å². The first kappa shape index (κ1) is 21.8. The van der Waals surface area contributed by atoms with Crippen molar-refractivity contribution in [1.29, 1.82) is 0 Å². The molecule has 1 nitrogen and oxygen atoms in total. The summed E-state index contributed by atoms with van der Waals surface area (Å²) in [5, 5.41) is 12.0. The van der Waals surface area contributed by atoms with Crippen molar-refractivity contribution in [3.05, 3.63) is 107 Å². The Kier molecular flexibility index (Phi) is 6.92. The Labute approximate surface area is 188 Å². The van der Waals surface area contributed by atoms with E-state index in [9.17, 15) is 5.11 Å². The molecule has 0 aromatic heterocycles. The first-order valence-electron chi connectivity index (χ1n) is 12.0. The lowest BCUT2D eigenvalue weighted by atomic mass is 9.67. The molecule has 0 unspecified atom stereocenters. The van der Waals surface area contributed by atoms with Crippen LogP contribution in [0, 0.1) is 11.8 Å². The van der Waals surface area contributed by atoms with E-state index in [-0.39, 0.29) is 5.92 Å². The van der Waals surface area contributed by atoms with Gasteiger partial charge in [0.25, 0.3) is 0 Å². The molecule has 1 heteroatoms. The highest BCUT2D eigenvalue weighted by atomic mass is 16.3. The van der Waals surface area contributed by atoms with Crippen LogP contribution in [-0.2, 0) is 12.0 Å². The summed E-state index contributed by atoms with van der Waals surface area (Å²) in [5.74, 6) is 1.62. The summed E-state index contributed by atoms with van der Waals surface area (Å²) in [6.07, 6.45) is 6.99. The van der Waals surface area contributed by atoms with Gasteiger partial charge in [-0.05, 0) is 65.7 Å². The summed E-state index contributed by atoms with van der Waals surface area (Å²) in [6.45, 7) is 4.50. The highest BCUT2D eigenvalue weighted by Crippen LogP contribution is 2.45. The molecule has 0 spiro atoms. The third kappa shape index (κ3) is 4.93. The predicted molar refractivity (Wildman–Crippen MR) is 130 cm³/mol. The van der Waals surface area contributed by atoms with E-state index >= 15 is 0 Å². The molecule has 1 fully saturated rings. The minimum Gasteiger partial charge on any atom is -0.380 e. The van der Waals surface area contributed by atoms with E-state index in [1.54, 1.807) is 0 Å². The first-order chi connectivity index (χ1) is 15.1. The third-order valence-corrected chi connectivity index (χ3v) is 7.35. The van der Waals surface area contributed by atoms with Crippen molar-refractivity contribution < 1.29 is 5.11 Å². The van der Waals surface area contributed by atoms with Crippen LogP contribution in [0.2, 0.25) is 0 Å². The van der Waals surface area contributed by atoms with Crippen LogP contribution < -0.4 is 0 Å². The number of aryl methyl sites for hydroxylation is 1. The summed E-state index contributed by atoms with van der Waals surface area (Å²) in [7, 11) is 0. The smallest absolute Gasteiger partial charge is 0.117 e. The summed E-state index contributed by atoms with van der Waals surface area (Å²) in [6, 6.07) is 29.7. The molecule has 0 saturated heterocycles. The summed E-state index contributed by atoms with van der Waals surface area (Å²) >= 11 is 0. The van der Waals surface area contributed by atoms with Gasteiger partial charge in [-0.3, -0.25) is 0 Å². The van der Waals surface area contributed by atoms with Gasteiger partial charge in [0.2, 0.25) is 0 Å². The molecule has 3 aromatic rings. The predicted octanol–water partition coefficient (Wildman–Crippen LogP) is 7.49. The topological polar surface area (TPSA) is 20.2 Å². The SMILES string of the molecule is CC(C)c1ccc(CCC2CCC(C(O)(c3ccccc3)c3ccccc3)CC2)cc1. The molecule has 31 heavy (non-hydrogen) atoms. The molecule has 0 heterocycles. The lowest BCUT2D eigenvalue weighted by molar-refractivity contribution is -0.00795. The lowest BCUT2D eigenvalue weighted by Crippen LogP contribution is -2.38. The Balaban J connectivity index is 1.41. The van der Waals surface area contributed by atoms with Gasteiger partial charge in [0.1, 0.15) is 5.60 Å². The van der Waals surface area contributed by atoms with Crippen LogP contribution in [0.5, 0.6) is 0 Å². The number of benzene rings is 3. The molecule has 1 aliphatic carbocycles. The van der Waals surface area contributed by atoms with Gasteiger partial charge in [-0.25, -0.2) is 0 Å². The van der Waals surface area contributed by atoms with Gasteiger partial charge < -0.3 is 5.11 Å². The normalized spacial score (nSPS) is 19.5. The highest BCUT2D eigenvalue weighted by Gasteiger charge is 2.41. The summed E-state index contributed by atoms with van der Waals surface area (Å²) < 4.78 is 0. The Bertz CT molecular complexity index is 880. The number of aliphatic hydroxyl groups is 1. The molecule has 4 rings (SSSR count). The van der Waals surface area contributed by atoms with Crippen LogP contribution in [0.4, 0.5) is 0 Å². The van der Waals surface area contributed by atoms with Crippen molar-refractivity contribution in [3.63, 3.8) is 0 Å². The Morgan fingerprint density at radius 3 is 1.74 bits per heavy atom. The molecule has 0 bridgehead atoms. The maximum absolute atomic E-state index is 12.0. The zero-order valence-corrected chi connectivity index (χ0v) is 19.0. The Hall–Kier alpha value is -2.38. The molecule has 1 aliphatic rings. The minimum absolute atomic E-state index is 0.263. The Morgan fingerprint density at radius 1 is 0.742 bits per heavy atom. The van der Waals surface area contributed by atoms with Crippen molar-refractivity contribution in [2.24, 2.45) is 11.8 Å². The van der Waals surface area contributed by atoms with Crippen LogP contribution in [-0.4, -0.2) is 5.11 Å². The van der Waals surface area contributed by atoms with Crippen LogP contribution in [0.1, 0.15) is 74.1 Å². The van der Waals surface area contributed by atoms with Crippen molar-refractivity contribution in [2.45, 2.75) is 63.9 Å². The fourth-order valence-corrected chi connectivity index (χ4v) is 5.33. The van der Waals surface area contributed by atoms with E-state index in [1.165, 1.54) is 30.4 Å².